The first-order valence-corrected chi connectivity index (χ1v) is 24.6. The molecule has 77 heavy (non-hydrogen) atoms. The van der Waals surface area contributed by atoms with Crippen LogP contribution in [0.1, 0.15) is 27.2 Å². The number of carboxylic acids is 1. The van der Waals surface area contributed by atoms with E-state index in [2.05, 4.69) is 5.32 Å². The quantitative estimate of drug-likeness (QED) is 0.0503. The van der Waals surface area contributed by atoms with Crippen LogP contribution in [0.4, 0.5) is 0 Å². The van der Waals surface area contributed by atoms with Gasteiger partial charge in [-0.25, -0.2) is 0 Å². The summed E-state index contributed by atoms with van der Waals surface area (Å²) < 4.78 is 68.8. The van der Waals surface area contributed by atoms with Crippen LogP contribution in [0, 0.1) is 0 Å². The Balaban J connectivity index is 0.00000264. The number of carboxylic acid groups (broad SMARTS) is 1. The van der Waals surface area contributed by atoms with Gasteiger partial charge < -0.3 is 160 Å². The summed E-state index contributed by atoms with van der Waals surface area (Å²) in [6.45, 7) is -1.11. The maximum absolute atomic E-state index is 12.8. The van der Waals surface area contributed by atoms with E-state index >= 15 is 0 Å². The van der Waals surface area contributed by atoms with Gasteiger partial charge in [-0.05, 0) is 19.9 Å². The molecule has 6 fully saturated rings. The lowest BCUT2D eigenvalue weighted by atomic mass is 9.94. The Morgan fingerprint density at radius 2 is 0.805 bits per heavy atom. The van der Waals surface area contributed by atoms with E-state index in [0.29, 0.717) is 6.42 Å². The highest BCUT2D eigenvalue weighted by Gasteiger charge is 2.58. The molecule has 0 aliphatic carbocycles. The molecule has 0 bridgehead atoms. The summed E-state index contributed by atoms with van der Waals surface area (Å²) in [5.74, 6) is -1.69. The fourth-order valence-electron chi connectivity index (χ4n) is 9.25. The van der Waals surface area contributed by atoms with Crippen molar-refractivity contribution in [2.75, 3.05) is 46.2 Å². The number of carbonyl (C=O) groups is 2. The lowest BCUT2D eigenvalue weighted by Gasteiger charge is -2.51. The molecule has 0 spiro atoms. The largest absolute Gasteiger partial charge is 0.481 e. The molecule has 0 saturated carbocycles. The Hall–Kier alpha value is -2.26. The van der Waals surface area contributed by atoms with E-state index in [4.69, 9.17) is 72.5 Å². The van der Waals surface area contributed by atoms with Crippen molar-refractivity contribution in [3.05, 3.63) is 0 Å². The Morgan fingerprint density at radius 3 is 1.32 bits per heavy atom. The van der Waals surface area contributed by atoms with E-state index in [0.717, 1.165) is 13.8 Å². The number of aliphatic hydroxyl groups excluding tert-OH is 17. The molecule has 6 heterocycles. The van der Waals surface area contributed by atoms with Gasteiger partial charge in [0.15, 0.2) is 37.7 Å². The van der Waals surface area contributed by atoms with Gasteiger partial charge in [0, 0.05) is 13.8 Å². The molecule has 34 nitrogen and oxygen atoms in total. The fraction of sp³-hybridized carbons (Fsp3) is 0.953. The zero-order valence-electron chi connectivity index (χ0n) is 41.8. The molecule has 0 aromatic heterocycles. The molecule has 450 valence electrons. The Kier molecular flexibility index (Phi) is 25.2. The first-order chi connectivity index (χ1) is 36.4. The van der Waals surface area contributed by atoms with Crippen molar-refractivity contribution in [3.63, 3.8) is 0 Å². The van der Waals surface area contributed by atoms with Crippen LogP contribution in [-0.2, 0) is 66.4 Å². The minimum absolute atomic E-state index is 0.0246. The molecule has 0 unspecified atom stereocenters. The van der Waals surface area contributed by atoms with Crippen molar-refractivity contribution >= 4 is 11.9 Å². The van der Waals surface area contributed by atoms with Crippen LogP contribution in [0.15, 0.2) is 0 Å². The van der Waals surface area contributed by atoms with Crippen molar-refractivity contribution in [2.45, 2.75) is 211 Å². The molecular formula is C43H76N2O32. The van der Waals surface area contributed by atoms with Crippen LogP contribution in [0.25, 0.3) is 0 Å². The average molecular weight is 1130 g/mol. The summed E-state index contributed by atoms with van der Waals surface area (Å²) in [4.78, 5) is 21.8. The number of hydrogen-bond donors (Lipinski definition) is 20. The first-order valence-electron chi connectivity index (χ1n) is 24.6. The normalized spacial score (nSPS) is 47.6. The van der Waals surface area contributed by atoms with Crippen molar-refractivity contribution in [3.8, 4) is 0 Å². The topological polar surface area (TPSA) is 547 Å². The second-order valence-corrected chi connectivity index (χ2v) is 19.0. The molecule has 0 aromatic rings. The zero-order valence-corrected chi connectivity index (χ0v) is 41.8. The first kappa shape index (κ1) is 65.5. The second-order valence-electron chi connectivity index (χ2n) is 19.0. The number of aliphatic hydroxyl groups is 17. The maximum atomic E-state index is 12.8. The van der Waals surface area contributed by atoms with Crippen molar-refractivity contribution in [1.82, 2.24) is 5.32 Å². The molecule has 0 aromatic carbocycles. The Bertz CT molecular complexity index is 1780. The van der Waals surface area contributed by atoms with E-state index in [9.17, 15) is 91.6 Å². The third-order valence-electron chi connectivity index (χ3n) is 13.4. The standard InChI is InChI=1S/C41H72N2O30.C2H4O2/c1-11-19(50)23(54)27(58)38(63-11)73-35-24(55)20(51)13(6-44)66-41(35)71-33-18(43-12(2)49)36(64-14(7-45)21(33)52)72-34-22(53)15(8-46)65-40(30(34)61)70-32-17(10-48)68-39(29(60)26(32)57)69-31-16(9-47)67-37(28(59)25(31)56)62-5-3-4-42;1-2(3)4/h11,13-41,44-48,50-61H,3-10,42H2,1-2H3,(H,43,49);1H3,(H,3,4)/t11-,13+,14+,15+,16+,17+,18+,19+,20-,21-,22-,23+,24-,25+,26+,27-,28+,29+,30+,31+,32-,33+,34-,35+,36-,37+,38-,39-,40+,41-;/m0./s1. The minimum atomic E-state index is -2.21. The SMILES string of the molecule is CC(=O)N[C@H]1[C@H](O[C@H]2[C@@H](O)[C@@H](CO)O[C@H](O[C@@H]3[C@H](O)[C@@H](O)[C@H](O[C@H]4[C@H](O)[C@@H](O)[C@H](OCCCN)O[C@@H]4CO)O[C@@H]3CO)[C@@H]2O)O[C@H](CO)[C@H](O)[C@@H]1O[C@@H]1O[C@H](CO)[C@H](O)[C@H](O)[C@H]1O[C@@H]1O[C@@H](C)[C@@H](O)[C@@H](O)[C@@H]1O.CC(=O)O. The molecule has 6 aliphatic rings. The third-order valence-corrected chi connectivity index (χ3v) is 13.4. The monoisotopic (exact) mass is 1130 g/mol. The third kappa shape index (κ3) is 15.4. The van der Waals surface area contributed by atoms with Crippen molar-refractivity contribution < 1.29 is 158 Å². The molecule has 0 radical (unpaired) electrons. The predicted molar refractivity (Wildman–Crippen MR) is 240 cm³/mol. The van der Waals surface area contributed by atoms with Gasteiger partial charge in [-0.2, -0.15) is 0 Å². The smallest absolute Gasteiger partial charge is 0.300 e. The molecule has 21 N–H and O–H groups in total. The minimum Gasteiger partial charge on any atom is -0.481 e. The summed E-state index contributed by atoms with van der Waals surface area (Å²) in [6.07, 6.45) is -52.9. The van der Waals surface area contributed by atoms with Crippen LogP contribution in [0.3, 0.4) is 0 Å². The van der Waals surface area contributed by atoms with Gasteiger partial charge in [0.1, 0.15) is 140 Å². The highest BCUT2D eigenvalue weighted by atomic mass is 16.8. The molecule has 30 atom stereocenters. The maximum Gasteiger partial charge on any atom is 0.300 e. The van der Waals surface area contributed by atoms with E-state index in [1.807, 2.05) is 0 Å². The van der Waals surface area contributed by atoms with Gasteiger partial charge in [0.25, 0.3) is 5.97 Å². The number of nitrogens with one attached hydrogen (secondary N) is 1. The van der Waals surface area contributed by atoms with E-state index in [1.165, 1.54) is 6.92 Å². The van der Waals surface area contributed by atoms with Crippen molar-refractivity contribution in [2.24, 2.45) is 5.73 Å². The average Bonchev–Trinajstić information content (AvgIpc) is 3.39. The van der Waals surface area contributed by atoms with E-state index in [1.54, 1.807) is 0 Å². The highest BCUT2D eigenvalue weighted by Crippen LogP contribution is 2.37. The molecule has 6 rings (SSSR count). The summed E-state index contributed by atoms with van der Waals surface area (Å²) in [7, 11) is 0. The summed E-state index contributed by atoms with van der Waals surface area (Å²) >= 11 is 0. The van der Waals surface area contributed by atoms with Gasteiger partial charge >= 0.3 is 0 Å². The van der Waals surface area contributed by atoms with Gasteiger partial charge in [-0.15, -0.1) is 0 Å². The van der Waals surface area contributed by atoms with Gasteiger partial charge in [-0.1, -0.05) is 0 Å². The molecule has 6 aliphatic heterocycles. The van der Waals surface area contributed by atoms with Crippen LogP contribution < -0.4 is 11.1 Å². The number of rotatable bonds is 20. The Labute approximate surface area is 438 Å². The van der Waals surface area contributed by atoms with Crippen LogP contribution in [0.5, 0.6) is 0 Å². The molecular weight excluding hydrogens is 1060 g/mol. The zero-order chi connectivity index (χ0) is 57.3. The Morgan fingerprint density at radius 1 is 0.429 bits per heavy atom. The van der Waals surface area contributed by atoms with E-state index < -0.39 is 229 Å². The number of amides is 1. The van der Waals surface area contributed by atoms with Crippen LogP contribution >= 0.6 is 0 Å². The van der Waals surface area contributed by atoms with E-state index in [-0.39, 0.29) is 13.2 Å². The van der Waals surface area contributed by atoms with Gasteiger partial charge in [0.05, 0.1) is 45.7 Å². The van der Waals surface area contributed by atoms with Gasteiger partial charge in [-0.3, -0.25) is 9.59 Å². The lowest BCUT2D eigenvalue weighted by Crippen LogP contribution is -2.70. The highest BCUT2D eigenvalue weighted by molar-refractivity contribution is 5.73. The van der Waals surface area contributed by atoms with Crippen molar-refractivity contribution in [1.29, 1.82) is 0 Å². The summed E-state index contributed by atoms with van der Waals surface area (Å²) in [6, 6.07) is -1.78. The number of nitrogens with two attached hydrogens (primary N) is 1. The number of aliphatic carboxylic acids is 1. The molecule has 1 amide bonds. The van der Waals surface area contributed by atoms with Gasteiger partial charge in [0.2, 0.25) is 5.91 Å². The molecule has 34 heteroatoms. The second kappa shape index (κ2) is 29.6. The number of ether oxygens (including phenoxy) is 12. The van der Waals surface area contributed by atoms with Crippen LogP contribution in [-0.4, -0.2) is 334 Å². The number of hydrogen-bond acceptors (Lipinski definition) is 32. The lowest BCUT2D eigenvalue weighted by molar-refractivity contribution is -0.393. The fourth-order valence-corrected chi connectivity index (χ4v) is 9.25. The summed E-state index contributed by atoms with van der Waals surface area (Å²) in [5.41, 5.74) is 5.47. The number of carbonyl (C=O) groups excluding carboxylic acids is 1. The summed E-state index contributed by atoms with van der Waals surface area (Å²) in [5, 5.41) is 193. The molecule has 6 saturated heterocycles. The predicted octanol–water partition coefficient (Wildman–Crippen LogP) is -12.5. The van der Waals surface area contributed by atoms with Crippen LogP contribution in [0.2, 0.25) is 0 Å².